The maximum absolute atomic E-state index is 5.33. The van der Waals surface area contributed by atoms with Gasteiger partial charge in [-0.25, -0.2) is 0 Å². The predicted octanol–water partition coefficient (Wildman–Crippen LogP) is 2.85. The highest BCUT2D eigenvalue weighted by Gasteiger charge is 2.03. The number of halogens is 1. The van der Waals surface area contributed by atoms with Gasteiger partial charge in [0.15, 0.2) is 0 Å². The number of nitrogens with one attached hydrogen (secondary N) is 1. The fourth-order valence-electron chi connectivity index (χ4n) is 1.72. The van der Waals surface area contributed by atoms with Gasteiger partial charge in [-0.3, -0.25) is 9.97 Å². The third-order valence-corrected chi connectivity index (χ3v) is 3.19. The molecular weight excluding hydrogens is 306 g/mol. The Bertz CT molecular complexity index is 543. The highest BCUT2D eigenvalue weighted by molar-refractivity contribution is 9.10. The van der Waals surface area contributed by atoms with Gasteiger partial charge in [-0.05, 0) is 25.1 Å². The standard InChI is InChI=1S/C14H16BrN3O/c1-10-6-18-13(9-17-10)8-16-7-11-5-12(15)3-4-14(11)19-2/h3-6,9,16H,7-8H2,1-2H3. The van der Waals surface area contributed by atoms with Crippen LogP contribution in [0.2, 0.25) is 0 Å². The minimum absolute atomic E-state index is 0.683. The number of ether oxygens (including phenoxy) is 1. The Balaban J connectivity index is 1.95. The van der Waals surface area contributed by atoms with Crippen LogP contribution < -0.4 is 10.1 Å². The molecule has 4 nitrogen and oxygen atoms in total. The van der Waals surface area contributed by atoms with Crippen LogP contribution in [0.1, 0.15) is 17.0 Å². The molecule has 1 aromatic heterocycles. The molecule has 0 bridgehead atoms. The molecule has 5 heteroatoms. The second-order valence-electron chi connectivity index (χ2n) is 4.21. The maximum Gasteiger partial charge on any atom is 0.123 e. The molecule has 1 N–H and O–H groups in total. The first-order valence-corrected chi connectivity index (χ1v) is 6.79. The van der Waals surface area contributed by atoms with Crippen molar-refractivity contribution in [2.75, 3.05) is 7.11 Å². The molecule has 0 atom stereocenters. The Kier molecular flexibility index (Phi) is 4.87. The number of hydrogen-bond acceptors (Lipinski definition) is 4. The molecule has 0 unspecified atom stereocenters. The van der Waals surface area contributed by atoms with Gasteiger partial charge in [0.25, 0.3) is 0 Å². The van der Waals surface area contributed by atoms with E-state index in [-0.39, 0.29) is 0 Å². The van der Waals surface area contributed by atoms with E-state index in [1.165, 1.54) is 0 Å². The summed E-state index contributed by atoms with van der Waals surface area (Å²) in [4.78, 5) is 8.52. The van der Waals surface area contributed by atoms with Crippen LogP contribution in [-0.4, -0.2) is 17.1 Å². The Morgan fingerprint density at radius 1 is 1.21 bits per heavy atom. The van der Waals surface area contributed by atoms with E-state index < -0.39 is 0 Å². The molecule has 0 saturated heterocycles. The SMILES string of the molecule is COc1ccc(Br)cc1CNCc1cnc(C)cn1. The first-order valence-electron chi connectivity index (χ1n) is 5.99. The van der Waals surface area contributed by atoms with E-state index in [1.807, 2.05) is 25.1 Å². The Hall–Kier alpha value is -1.46. The highest BCUT2D eigenvalue weighted by atomic mass is 79.9. The molecule has 2 aromatic rings. The van der Waals surface area contributed by atoms with Gasteiger partial charge in [-0.1, -0.05) is 15.9 Å². The van der Waals surface area contributed by atoms with Crippen molar-refractivity contribution in [2.24, 2.45) is 0 Å². The lowest BCUT2D eigenvalue weighted by molar-refractivity contribution is 0.407. The lowest BCUT2D eigenvalue weighted by Crippen LogP contribution is -2.14. The summed E-state index contributed by atoms with van der Waals surface area (Å²) in [6, 6.07) is 5.97. The van der Waals surface area contributed by atoms with Gasteiger partial charge < -0.3 is 10.1 Å². The van der Waals surface area contributed by atoms with Gasteiger partial charge in [-0.15, -0.1) is 0 Å². The van der Waals surface area contributed by atoms with Crippen molar-refractivity contribution in [3.63, 3.8) is 0 Å². The number of aryl methyl sites for hydroxylation is 1. The van der Waals surface area contributed by atoms with Crippen LogP contribution in [0.25, 0.3) is 0 Å². The average molecular weight is 322 g/mol. The fourth-order valence-corrected chi connectivity index (χ4v) is 2.13. The second kappa shape index (κ2) is 6.63. The van der Waals surface area contributed by atoms with Crippen LogP contribution in [0.4, 0.5) is 0 Å². The first kappa shape index (κ1) is 14.0. The van der Waals surface area contributed by atoms with Crippen molar-refractivity contribution >= 4 is 15.9 Å². The molecular formula is C14H16BrN3O. The molecule has 1 aromatic carbocycles. The number of rotatable bonds is 5. The maximum atomic E-state index is 5.33. The Labute approximate surface area is 121 Å². The Morgan fingerprint density at radius 3 is 2.74 bits per heavy atom. The quantitative estimate of drug-likeness (QED) is 0.919. The van der Waals surface area contributed by atoms with Crippen LogP contribution in [0.15, 0.2) is 35.1 Å². The van der Waals surface area contributed by atoms with Crippen molar-refractivity contribution in [1.29, 1.82) is 0 Å². The highest BCUT2D eigenvalue weighted by Crippen LogP contribution is 2.22. The predicted molar refractivity (Wildman–Crippen MR) is 78.0 cm³/mol. The largest absolute Gasteiger partial charge is 0.496 e. The molecule has 0 fully saturated rings. The molecule has 19 heavy (non-hydrogen) atoms. The van der Waals surface area contributed by atoms with Gasteiger partial charge in [0.05, 0.1) is 18.5 Å². The third-order valence-electron chi connectivity index (χ3n) is 2.70. The van der Waals surface area contributed by atoms with Gasteiger partial charge in [0.2, 0.25) is 0 Å². The topological polar surface area (TPSA) is 47.0 Å². The van der Waals surface area contributed by atoms with Crippen molar-refractivity contribution in [3.05, 3.63) is 52.0 Å². The van der Waals surface area contributed by atoms with E-state index >= 15 is 0 Å². The van der Waals surface area contributed by atoms with Crippen molar-refractivity contribution in [2.45, 2.75) is 20.0 Å². The van der Waals surface area contributed by atoms with Gasteiger partial charge in [-0.2, -0.15) is 0 Å². The van der Waals surface area contributed by atoms with Crippen LogP contribution >= 0.6 is 15.9 Å². The fraction of sp³-hybridized carbons (Fsp3) is 0.286. The van der Waals surface area contributed by atoms with E-state index in [2.05, 4.69) is 31.2 Å². The molecule has 0 radical (unpaired) electrons. The molecule has 0 aliphatic rings. The summed E-state index contributed by atoms with van der Waals surface area (Å²) < 4.78 is 6.37. The second-order valence-corrected chi connectivity index (χ2v) is 5.12. The summed E-state index contributed by atoms with van der Waals surface area (Å²) in [7, 11) is 1.68. The smallest absolute Gasteiger partial charge is 0.123 e. The monoisotopic (exact) mass is 321 g/mol. The summed E-state index contributed by atoms with van der Waals surface area (Å²) in [6.07, 6.45) is 3.57. The summed E-state index contributed by atoms with van der Waals surface area (Å²) in [5.41, 5.74) is 2.97. The normalized spacial score (nSPS) is 10.5. The molecule has 0 aliphatic heterocycles. The van der Waals surface area contributed by atoms with Gasteiger partial charge in [0, 0.05) is 35.5 Å². The van der Waals surface area contributed by atoms with Gasteiger partial charge >= 0.3 is 0 Å². The van der Waals surface area contributed by atoms with E-state index in [1.54, 1.807) is 19.5 Å². The van der Waals surface area contributed by atoms with E-state index in [0.29, 0.717) is 6.54 Å². The molecule has 0 amide bonds. The molecule has 0 spiro atoms. The van der Waals surface area contributed by atoms with Crippen LogP contribution in [-0.2, 0) is 13.1 Å². The summed E-state index contributed by atoms with van der Waals surface area (Å²) in [6.45, 7) is 3.33. The number of methoxy groups -OCH3 is 1. The van der Waals surface area contributed by atoms with Crippen LogP contribution in [0.3, 0.4) is 0 Å². The minimum Gasteiger partial charge on any atom is -0.496 e. The minimum atomic E-state index is 0.683. The summed E-state index contributed by atoms with van der Waals surface area (Å²) in [5, 5.41) is 3.34. The first-order chi connectivity index (χ1) is 9.19. The van der Waals surface area contributed by atoms with Crippen LogP contribution in [0.5, 0.6) is 5.75 Å². The van der Waals surface area contributed by atoms with Crippen molar-refractivity contribution < 1.29 is 4.74 Å². The number of hydrogen-bond donors (Lipinski definition) is 1. The summed E-state index contributed by atoms with van der Waals surface area (Å²) >= 11 is 3.46. The molecule has 2 rings (SSSR count). The number of aromatic nitrogens is 2. The number of benzene rings is 1. The van der Waals surface area contributed by atoms with Crippen molar-refractivity contribution in [3.8, 4) is 5.75 Å². The lowest BCUT2D eigenvalue weighted by atomic mass is 10.2. The number of nitrogens with zero attached hydrogens (tertiary/aromatic N) is 2. The third kappa shape index (κ3) is 4.01. The van der Waals surface area contributed by atoms with Crippen molar-refractivity contribution in [1.82, 2.24) is 15.3 Å². The van der Waals surface area contributed by atoms with E-state index in [0.717, 1.165) is 33.7 Å². The van der Waals surface area contributed by atoms with E-state index in [4.69, 9.17) is 4.74 Å². The van der Waals surface area contributed by atoms with Gasteiger partial charge in [0.1, 0.15) is 5.75 Å². The zero-order valence-electron chi connectivity index (χ0n) is 11.0. The van der Waals surface area contributed by atoms with Crippen LogP contribution in [0, 0.1) is 6.92 Å². The molecule has 0 aliphatic carbocycles. The Morgan fingerprint density at radius 2 is 2.05 bits per heavy atom. The average Bonchev–Trinajstić information content (AvgIpc) is 2.41. The van der Waals surface area contributed by atoms with E-state index in [9.17, 15) is 0 Å². The summed E-state index contributed by atoms with van der Waals surface area (Å²) in [5.74, 6) is 0.880. The zero-order chi connectivity index (χ0) is 13.7. The molecule has 1 heterocycles. The zero-order valence-corrected chi connectivity index (χ0v) is 12.6. The lowest BCUT2D eigenvalue weighted by Gasteiger charge is -2.10. The molecule has 0 saturated carbocycles. The molecule has 100 valence electrons.